The van der Waals surface area contributed by atoms with Crippen LogP contribution in [0.3, 0.4) is 0 Å². The van der Waals surface area contributed by atoms with Crippen molar-refractivity contribution in [3.8, 4) is 5.75 Å². The number of hydrogen-bond acceptors (Lipinski definition) is 4. The fourth-order valence-corrected chi connectivity index (χ4v) is 3.36. The Kier molecular flexibility index (Phi) is 4.24. The molecule has 3 rings (SSSR count). The van der Waals surface area contributed by atoms with Crippen LogP contribution < -0.4 is 4.74 Å². The van der Waals surface area contributed by atoms with E-state index in [-0.39, 0.29) is 0 Å². The van der Waals surface area contributed by atoms with Crippen molar-refractivity contribution in [1.29, 1.82) is 0 Å². The molecule has 0 aliphatic heterocycles. The Morgan fingerprint density at radius 2 is 2.10 bits per heavy atom. The first kappa shape index (κ1) is 14.5. The van der Waals surface area contributed by atoms with Crippen LogP contribution >= 0.6 is 27.3 Å². The number of aliphatic hydroxyl groups excluding tert-OH is 1. The molecule has 0 radical (unpaired) electrons. The number of ether oxygens (including phenoxy) is 1. The third-order valence-electron chi connectivity index (χ3n) is 3.11. The lowest BCUT2D eigenvalue weighted by molar-refractivity contribution is 0.190. The van der Waals surface area contributed by atoms with Gasteiger partial charge in [-0.1, -0.05) is 28.1 Å². The van der Waals surface area contributed by atoms with Crippen LogP contribution in [0.25, 0.3) is 10.2 Å². The van der Waals surface area contributed by atoms with Crippen LogP contribution in [-0.4, -0.2) is 10.1 Å². The minimum atomic E-state index is -0.576. The number of para-hydroxylation sites is 1. The van der Waals surface area contributed by atoms with E-state index in [1.54, 1.807) is 18.3 Å². The van der Waals surface area contributed by atoms with Crippen molar-refractivity contribution in [3.63, 3.8) is 0 Å². The number of halogens is 1. The van der Waals surface area contributed by atoms with E-state index in [2.05, 4.69) is 27.0 Å². The first-order valence-electron chi connectivity index (χ1n) is 6.58. The van der Waals surface area contributed by atoms with Crippen molar-refractivity contribution in [2.24, 2.45) is 0 Å². The topological polar surface area (TPSA) is 42.4 Å². The summed E-state index contributed by atoms with van der Waals surface area (Å²) in [6.07, 6.45) is -0.576. The zero-order valence-corrected chi connectivity index (χ0v) is 13.8. The number of aliphatic hydroxyl groups is 1. The van der Waals surface area contributed by atoms with Gasteiger partial charge in [0.25, 0.3) is 0 Å². The van der Waals surface area contributed by atoms with Crippen LogP contribution in [0.2, 0.25) is 0 Å². The average molecular weight is 364 g/mol. The number of benzene rings is 2. The second-order valence-electron chi connectivity index (χ2n) is 4.72. The van der Waals surface area contributed by atoms with E-state index in [0.29, 0.717) is 12.4 Å². The second kappa shape index (κ2) is 6.13. The van der Waals surface area contributed by atoms with E-state index in [1.165, 1.54) is 0 Å². The van der Waals surface area contributed by atoms with Gasteiger partial charge in [0.2, 0.25) is 0 Å². The van der Waals surface area contributed by atoms with Crippen LogP contribution in [0.5, 0.6) is 5.75 Å². The maximum absolute atomic E-state index is 9.83. The normalized spacial score (nSPS) is 12.5. The molecule has 0 amide bonds. The summed E-state index contributed by atoms with van der Waals surface area (Å²) in [6, 6.07) is 13.7. The third kappa shape index (κ3) is 3.26. The monoisotopic (exact) mass is 363 g/mol. The van der Waals surface area contributed by atoms with Gasteiger partial charge in [-0.05, 0) is 37.3 Å². The van der Waals surface area contributed by atoms with Gasteiger partial charge in [0.15, 0.2) is 0 Å². The minimum absolute atomic E-state index is 0.403. The molecule has 0 saturated heterocycles. The lowest BCUT2D eigenvalue weighted by Gasteiger charge is -2.13. The number of rotatable bonds is 4. The number of thiazole rings is 1. The fourth-order valence-electron chi connectivity index (χ4n) is 2.10. The Labute approximate surface area is 135 Å². The van der Waals surface area contributed by atoms with E-state index in [1.807, 2.05) is 36.4 Å². The number of nitrogens with zero attached hydrogens (tertiary/aromatic N) is 1. The second-order valence-corrected chi connectivity index (χ2v) is 6.75. The molecule has 21 heavy (non-hydrogen) atoms. The highest BCUT2D eigenvalue weighted by Gasteiger charge is 2.11. The Morgan fingerprint density at radius 3 is 2.86 bits per heavy atom. The van der Waals surface area contributed by atoms with Gasteiger partial charge in [0, 0.05) is 10.0 Å². The summed E-state index contributed by atoms with van der Waals surface area (Å²) >= 11 is 5.03. The smallest absolute Gasteiger partial charge is 0.140 e. The molecule has 1 aromatic heterocycles. The van der Waals surface area contributed by atoms with Crippen LogP contribution in [0.1, 0.15) is 23.6 Å². The van der Waals surface area contributed by atoms with E-state index >= 15 is 0 Å². The SMILES string of the molecule is CC(O)c1cc(Br)ccc1OCc1nc2ccccc2s1. The molecular weight excluding hydrogens is 350 g/mol. The largest absolute Gasteiger partial charge is 0.486 e. The van der Waals surface area contributed by atoms with Crippen molar-refractivity contribution in [2.75, 3.05) is 0 Å². The van der Waals surface area contributed by atoms with E-state index in [0.717, 1.165) is 25.3 Å². The van der Waals surface area contributed by atoms with Crippen molar-refractivity contribution in [2.45, 2.75) is 19.6 Å². The highest BCUT2D eigenvalue weighted by atomic mass is 79.9. The van der Waals surface area contributed by atoms with Gasteiger partial charge in [-0.15, -0.1) is 11.3 Å². The zero-order chi connectivity index (χ0) is 14.8. The van der Waals surface area contributed by atoms with Crippen molar-refractivity contribution in [3.05, 3.63) is 57.5 Å². The molecular formula is C16H14BrNO2S. The Morgan fingerprint density at radius 1 is 1.29 bits per heavy atom. The van der Waals surface area contributed by atoms with Gasteiger partial charge >= 0.3 is 0 Å². The van der Waals surface area contributed by atoms with E-state index in [9.17, 15) is 5.11 Å². The van der Waals surface area contributed by atoms with E-state index in [4.69, 9.17) is 4.74 Å². The summed E-state index contributed by atoms with van der Waals surface area (Å²) in [5.74, 6) is 0.687. The zero-order valence-electron chi connectivity index (χ0n) is 11.4. The van der Waals surface area contributed by atoms with Crippen LogP contribution in [0, 0.1) is 0 Å². The van der Waals surface area contributed by atoms with E-state index < -0.39 is 6.10 Å². The molecule has 1 heterocycles. The number of hydrogen-bond donors (Lipinski definition) is 1. The first-order valence-corrected chi connectivity index (χ1v) is 8.19. The highest BCUT2D eigenvalue weighted by molar-refractivity contribution is 9.10. The molecule has 1 N–H and O–H groups in total. The maximum atomic E-state index is 9.83. The van der Waals surface area contributed by atoms with Crippen molar-refractivity contribution >= 4 is 37.5 Å². The molecule has 5 heteroatoms. The Hall–Kier alpha value is -1.43. The summed E-state index contributed by atoms with van der Waals surface area (Å²) in [6.45, 7) is 2.13. The molecule has 0 saturated carbocycles. The molecule has 1 unspecified atom stereocenters. The van der Waals surface area contributed by atoms with Crippen molar-refractivity contribution < 1.29 is 9.84 Å². The van der Waals surface area contributed by atoms with Gasteiger partial charge in [-0.25, -0.2) is 4.98 Å². The summed E-state index contributed by atoms with van der Waals surface area (Å²) in [5.41, 5.74) is 1.76. The van der Waals surface area contributed by atoms with Crippen LogP contribution in [-0.2, 0) is 6.61 Å². The third-order valence-corrected chi connectivity index (χ3v) is 4.61. The number of fused-ring (bicyclic) bond motifs is 1. The molecule has 2 aromatic carbocycles. The lowest BCUT2D eigenvalue weighted by atomic mass is 10.1. The van der Waals surface area contributed by atoms with Gasteiger partial charge in [0.05, 0.1) is 16.3 Å². The standard InChI is InChI=1S/C16H14BrNO2S/c1-10(19)12-8-11(17)6-7-14(12)20-9-16-18-13-4-2-3-5-15(13)21-16/h2-8,10,19H,9H2,1H3. The Balaban J connectivity index is 1.81. The molecule has 0 bridgehead atoms. The van der Waals surface area contributed by atoms with Gasteiger partial charge in [0.1, 0.15) is 17.4 Å². The van der Waals surface area contributed by atoms with Crippen molar-refractivity contribution in [1.82, 2.24) is 4.98 Å². The molecule has 0 aliphatic carbocycles. The number of aromatic nitrogens is 1. The molecule has 0 aliphatic rings. The first-order chi connectivity index (χ1) is 10.1. The molecule has 3 aromatic rings. The molecule has 0 fully saturated rings. The Bertz CT molecular complexity index is 737. The quantitative estimate of drug-likeness (QED) is 0.730. The van der Waals surface area contributed by atoms with Gasteiger partial charge in [-0.2, -0.15) is 0 Å². The summed E-state index contributed by atoms with van der Waals surface area (Å²) < 4.78 is 7.91. The molecule has 1 atom stereocenters. The molecule has 0 spiro atoms. The summed E-state index contributed by atoms with van der Waals surface area (Å²) in [5, 5.41) is 10.8. The predicted octanol–water partition coefficient (Wildman–Crippen LogP) is 4.69. The van der Waals surface area contributed by atoms with Crippen LogP contribution in [0.15, 0.2) is 46.9 Å². The average Bonchev–Trinajstić information content (AvgIpc) is 2.88. The lowest BCUT2D eigenvalue weighted by Crippen LogP contribution is -2.00. The van der Waals surface area contributed by atoms with Gasteiger partial charge in [-0.3, -0.25) is 0 Å². The highest BCUT2D eigenvalue weighted by Crippen LogP contribution is 2.30. The molecule has 3 nitrogen and oxygen atoms in total. The predicted molar refractivity (Wildman–Crippen MR) is 88.7 cm³/mol. The summed E-state index contributed by atoms with van der Waals surface area (Å²) in [7, 11) is 0. The maximum Gasteiger partial charge on any atom is 0.140 e. The summed E-state index contributed by atoms with van der Waals surface area (Å²) in [4.78, 5) is 4.54. The minimum Gasteiger partial charge on any atom is -0.486 e. The van der Waals surface area contributed by atoms with Crippen LogP contribution in [0.4, 0.5) is 0 Å². The fraction of sp³-hybridized carbons (Fsp3) is 0.188. The van der Waals surface area contributed by atoms with Gasteiger partial charge < -0.3 is 9.84 Å². The molecule has 108 valence electrons.